The number of hydrogen-bond acceptors (Lipinski definition) is 6. The molecule has 0 bridgehead atoms. The molecule has 0 spiro atoms. The van der Waals surface area contributed by atoms with Gasteiger partial charge in [0.2, 0.25) is 5.09 Å². The molecule has 154 valence electrons. The smallest absolute Gasteiger partial charge is 0.311 e. The SMILES string of the molecule is O=C(NC1CC1)C(=O)N1CCN(Cc2ccc(S(=O)(=O)N3CCCC3)o2)CC1. The summed E-state index contributed by atoms with van der Waals surface area (Å²) in [5, 5.41) is 2.72. The summed E-state index contributed by atoms with van der Waals surface area (Å²) in [5.74, 6) is -0.397. The van der Waals surface area contributed by atoms with Crippen LogP contribution in [0.2, 0.25) is 0 Å². The number of rotatable bonds is 5. The molecule has 2 saturated heterocycles. The lowest BCUT2D eigenvalue weighted by atomic mass is 10.3. The fourth-order valence-corrected chi connectivity index (χ4v) is 5.03. The molecule has 3 fully saturated rings. The van der Waals surface area contributed by atoms with Gasteiger partial charge in [-0.05, 0) is 37.8 Å². The highest BCUT2D eigenvalue weighted by atomic mass is 32.2. The molecular weight excluding hydrogens is 384 g/mol. The van der Waals surface area contributed by atoms with Gasteiger partial charge < -0.3 is 14.6 Å². The lowest BCUT2D eigenvalue weighted by Gasteiger charge is -2.33. The molecule has 4 rings (SSSR count). The average Bonchev–Trinajstić information content (AvgIpc) is 3.14. The van der Waals surface area contributed by atoms with Crippen LogP contribution in [0.25, 0.3) is 0 Å². The topological polar surface area (TPSA) is 103 Å². The van der Waals surface area contributed by atoms with Crippen molar-refractivity contribution in [3.8, 4) is 0 Å². The van der Waals surface area contributed by atoms with Gasteiger partial charge >= 0.3 is 11.8 Å². The van der Waals surface area contributed by atoms with Gasteiger partial charge in [0.15, 0.2) is 0 Å². The number of carbonyl (C=O) groups is 2. The van der Waals surface area contributed by atoms with Crippen molar-refractivity contribution in [1.82, 2.24) is 19.4 Å². The van der Waals surface area contributed by atoms with Gasteiger partial charge in [0.1, 0.15) is 5.76 Å². The molecule has 10 heteroatoms. The van der Waals surface area contributed by atoms with Crippen molar-refractivity contribution in [2.75, 3.05) is 39.3 Å². The standard InChI is InChI=1S/C18H26N4O5S/c23-17(19-14-3-4-14)18(24)21-11-9-20(10-12-21)13-15-5-6-16(27-15)28(25,26)22-7-1-2-8-22/h5-6,14H,1-4,7-13H2,(H,19,23). The van der Waals surface area contributed by atoms with Crippen LogP contribution in [0.5, 0.6) is 0 Å². The summed E-state index contributed by atoms with van der Waals surface area (Å²) in [5.41, 5.74) is 0. The zero-order valence-corrected chi connectivity index (χ0v) is 16.6. The summed E-state index contributed by atoms with van der Waals surface area (Å²) in [4.78, 5) is 27.7. The van der Waals surface area contributed by atoms with Gasteiger partial charge in [-0.25, -0.2) is 8.42 Å². The molecule has 0 radical (unpaired) electrons. The highest BCUT2D eigenvalue weighted by Gasteiger charge is 2.32. The highest BCUT2D eigenvalue weighted by molar-refractivity contribution is 7.89. The number of sulfonamides is 1. The Balaban J connectivity index is 1.28. The first kappa shape index (κ1) is 19.4. The Labute approximate surface area is 164 Å². The molecule has 3 aliphatic rings. The average molecular weight is 410 g/mol. The molecule has 2 amide bonds. The molecule has 0 aromatic carbocycles. The minimum atomic E-state index is -3.54. The number of furan rings is 1. The molecule has 1 N–H and O–H groups in total. The van der Waals surface area contributed by atoms with Crippen LogP contribution >= 0.6 is 0 Å². The summed E-state index contributed by atoms with van der Waals surface area (Å²) < 4.78 is 32.2. The fraction of sp³-hybridized carbons (Fsp3) is 0.667. The molecular formula is C18H26N4O5S. The van der Waals surface area contributed by atoms with E-state index in [1.54, 1.807) is 11.0 Å². The van der Waals surface area contributed by atoms with Crippen LogP contribution in [-0.4, -0.2) is 79.6 Å². The third-order valence-corrected chi connectivity index (χ3v) is 7.21. The van der Waals surface area contributed by atoms with Crippen LogP contribution in [0.4, 0.5) is 0 Å². The first-order valence-electron chi connectivity index (χ1n) is 9.84. The lowest BCUT2D eigenvalue weighted by molar-refractivity contribution is -0.147. The summed E-state index contributed by atoms with van der Waals surface area (Å²) >= 11 is 0. The van der Waals surface area contributed by atoms with Crippen molar-refractivity contribution in [3.63, 3.8) is 0 Å². The zero-order valence-electron chi connectivity index (χ0n) is 15.8. The van der Waals surface area contributed by atoms with Crippen molar-refractivity contribution >= 4 is 21.8 Å². The van der Waals surface area contributed by atoms with Crippen LogP contribution in [0.3, 0.4) is 0 Å². The second-order valence-corrected chi connectivity index (χ2v) is 9.52. The molecule has 2 aliphatic heterocycles. The van der Waals surface area contributed by atoms with E-state index in [2.05, 4.69) is 10.2 Å². The van der Waals surface area contributed by atoms with Crippen molar-refractivity contribution < 1.29 is 22.4 Å². The van der Waals surface area contributed by atoms with Crippen molar-refractivity contribution in [2.45, 2.75) is 43.4 Å². The first-order chi connectivity index (χ1) is 13.4. The normalized spacial score (nSPS) is 21.8. The van der Waals surface area contributed by atoms with Gasteiger partial charge in [0.05, 0.1) is 6.54 Å². The summed E-state index contributed by atoms with van der Waals surface area (Å²) in [6, 6.07) is 3.39. The molecule has 3 heterocycles. The third-order valence-electron chi connectivity index (χ3n) is 5.44. The van der Waals surface area contributed by atoms with E-state index in [0.717, 1.165) is 25.7 Å². The van der Waals surface area contributed by atoms with Crippen LogP contribution in [0, 0.1) is 0 Å². The van der Waals surface area contributed by atoms with E-state index >= 15 is 0 Å². The Bertz CT molecular complexity index is 834. The third kappa shape index (κ3) is 4.23. The van der Waals surface area contributed by atoms with Crippen LogP contribution in [0.15, 0.2) is 21.6 Å². The summed E-state index contributed by atoms with van der Waals surface area (Å²) in [6.45, 7) is 3.72. The van der Waals surface area contributed by atoms with Gasteiger partial charge in [-0.1, -0.05) is 0 Å². The van der Waals surface area contributed by atoms with Crippen molar-refractivity contribution in [3.05, 3.63) is 17.9 Å². The summed E-state index contributed by atoms with van der Waals surface area (Å²) in [6.07, 6.45) is 3.67. The molecule has 0 unspecified atom stereocenters. The Kier molecular flexibility index (Phi) is 5.44. The molecule has 1 aromatic rings. The Morgan fingerprint density at radius 1 is 1.04 bits per heavy atom. The van der Waals surface area contributed by atoms with E-state index in [1.165, 1.54) is 10.4 Å². The van der Waals surface area contributed by atoms with Gasteiger partial charge in [-0.2, -0.15) is 4.31 Å². The second-order valence-electron chi connectivity index (χ2n) is 7.65. The monoisotopic (exact) mass is 410 g/mol. The van der Waals surface area contributed by atoms with E-state index in [9.17, 15) is 18.0 Å². The maximum absolute atomic E-state index is 12.5. The molecule has 0 atom stereocenters. The minimum absolute atomic E-state index is 0.00467. The molecule has 1 saturated carbocycles. The van der Waals surface area contributed by atoms with Crippen LogP contribution in [0.1, 0.15) is 31.4 Å². The molecule has 1 aromatic heterocycles. The number of carbonyl (C=O) groups excluding carboxylic acids is 2. The van der Waals surface area contributed by atoms with Crippen LogP contribution in [-0.2, 0) is 26.2 Å². The number of nitrogens with zero attached hydrogens (tertiary/aromatic N) is 3. The molecule has 9 nitrogen and oxygen atoms in total. The number of piperazine rings is 1. The lowest BCUT2D eigenvalue weighted by Crippen LogP contribution is -2.52. The minimum Gasteiger partial charge on any atom is -0.447 e. The van der Waals surface area contributed by atoms with Gasteiger partial charge in [0, 0.05) is 45.3 Å². The van der Waals surface area contributed by atoms with Gasteiger partial charge in [-0.3, -0.25) is 14.5 Å². The predicted octanol–water partition coefficient (Wildman–Crippen LogP) is -0.0131. The Morgan fingerprint density at radius 3 is 2.36 bits per heavy atom. The highest BCUT2D eigenvalue weighted by Crippen LogP contribution is 2.23. The van der Waals surface area contributed by atoms with E-state index < -0.39 is 21.8 Å². The van der Waals surface area contributed by atoms with E-state index in [-0.39, 0.29) is 11.1 Å². The van der Waals surface area contributed by atoms with Gasteiger partial charge in [0.25, 0.3) is 10.0 Å². The van der Waals surface area contributed by atoms with Gasteiger partial charge in [-0.15, -0.1) is 0 Å². The maximum atomic E-state index is 12.5. The number of nitrogens with one attached hydrogen (secondary N) is 1. The van der Waals surface area contributed by atoms with E-state index in [1.807, 2.05) is 0 Å². The van der Waals surface area contributed by atoms with E-state index in [4.69, 9.17) is 4.42 Å². The Hall–Kier alpha value is -1.91. The summed E-state index contributed by atoms with van der Waals surface area (Å²) in [7, 11) is -3.54. The Morgan fingerprint density at radius 2 is 1.71 bits per heavy atom. The number of hydrogen-bond donors (Lipinski definition) is 1. The molecule has 28 heavy (non-hydrogen) atoms. The maximum Gasteiger partial charge on any atom is 0.311 e. The first-order valence-corrected chi connectivity index (χ1v) is 11.3. The van der Waals surface area contributed by atoms with Crippen molar-refractivity contribution in [1.29, 1.82) is 0 Å². The second kappa shape index (κ2) is 7.84. The fourth-order valence-electron chi connectivity index (χ4n) is 3.59. The van der Waals surface area contributed by atoms with E-state index in [0.29, 0.717) is 51.6 Å². The van der Waals surface area contributed by atoms with Crippen LogP contribution < -0.4 is 5.32 Å². The zero-order chi connectivity index (χ0) is 19.7. The molecule has 1 aliphatic carbocycles. The predicted molar refractivity (Wildman–Crippen MR) is 99.7 cm³/mol. The largest absolute Gasteiger partial charge is 0.447 e. The quantitative estimate of drug-likeness (QED) is 0.685. The van der Waals surface area contributed by atoms with Crippen molar-refractivity contribution in [2.24, 2.45) is 0 Å². The number of amides is 2.